The number of rotatable bonds is 6. The summed E-state index contributed by atoms with van der Waals surface area (Å²) in [6.45, 7) is 0.990. The van der Waals surface area contributed by atoms with E-state index in [1.165, 1.54) is 0 Å². The number of carbonyl (C=O) groups is 2. The van der Waals surface area contributed by atoms with Gasteiger partial charge in [-0.05, 0) is 41.5 Å². The van der Waals surface area contributed by atoms with E-state index in [1.54, 1.807) is 36.5 Å². The third-order valence-corrected chi connectivity index (χ3v) is 3.78. The van der Waals surface area contributed by atoms with E-state index in [0.717, 1.165) is 11.1 Å². The van der Waals surface area contributed by atoms with Gasteiger partial charge in [0, 0.05) is 30.1 Å². The fraction of sp³-hybridized carbons (Fsp3) is 0.105. The van der Waals surface area contributed by atoms with Crippen molar-refractivity contribution in [3.63, 3.8) is 0 Å². The van der Waals surface area contributed by atoms with E-state index in [2.05, 4.69) is 10.4 Å². The van der Waals surface area contributed by atoms with Gasteiger partial charge in [0.15, 0.2) is 0 Å². The summed E-state index contributed by atoms with van der Waals surface area (Å²) in [6.07, 6.45) is 3.62. The van der Waals surface area contributed by atoms with Crippen molar-refractivity contribution in [2.45, 2.75) is 13.1 Å². The van der Waals surface area contributed by atoms with Gasteiger partial charge in [-0.3, -0.25) is 14.3 Å². The average Bonchev–Trinajstić information content (AvgIpc) is 3.13. The SMILES string of the molecule is NC(=O)c1cccc(CNC(=O)c2ccc(Cn3cccn3)cc2)c1. The lowest BCUT2D eigenvalue weighted by molar-refractivity contribution is 0.0950. The number of amides is 2. The molecule has 0 aliphatic carbocycles. The molecule has 0 aliphatic heterocycles. The molecule has 1 aromatic heterocycles. The Bertz CT molecular complexity index is 871. The van der Waals surface area contributed by atoms with Crippen molar-refractivity contribution >= 4 is 11.8 Å². The minimum atomic E-state index is -0.485. The molecule has 6 nitrogen and oxygen atoms in total. The predicted octanol–water partition coefficient (Wildman–Crippen LogP) is 1.96. The molecule has 0 atom stereocenters. The number of primary amides is 1. The third-order valence-electron chi connectivity index (χ3n) is 3.78. The van der Waals surface area contributed by atoms with Crippen molar-refractivity contribution in [1.29, 1.82) is 0 Å². The van der Waals surface area contributed by atoms with Crippen LogP contribution in [0.3, 0.4) is 0 Å². The number of nitrogens with one attached hydrogen (secondary N) is 1. The van der Waals surface area contributed by atoms with E-state index in [1.807, 2.05) is 35.1 Å². The predicted molar refractivity (Wildman–Crippen MR) is 93.9 cm³/mol. The highest BCUT2D eigenvalue weighted by Crippen LogP contribution is 2.08. The summed E-state index contributed by atoms with van der Waals surface area (Å²) in [5, 5.41) is 6.99. The summed E-state index contributed by atoms with van der Waals surface area (Å²) in [5.74, 6) is -0.656. The molecule has 0 bridgehead atoms. The minimum absolute atomic E-state index is 0.171. The van der Waals surface area contributed by atoms with Gasteiger partial charge in [0.2, 0.25) is 5.91 Å². The largest absolute Gasteiger partial charge is 0.366 e. The summed E-state index contributed by atoms with van der Waals surface area (Å²) in [7, 11) is 0. The van der Waals surface area contributed by atoms with Crippen LogP contribution in [0, 0.1) is 0 Å². The molecule has 0 saturated carbocycles. The third kappa shape index (κ3) is 4.32. The molecule has 3 aromatic rings. The van der Waals surface area contributed by atoms with Crippen molar-refractivity contribution in [2.75, 3.05) is 0 Å². The standard InChI is InChI=1S/C19H18N4O2/c20-18(24)17-4-1-3-15(11-17)12-21-19(25)16-7-5-14(6-8-16)13-23-10-2-9-22-23/h1-11H,12-13H2,(H2,20,24)(H,21,25). The van der Waals surface area contributed by atoms with Gasteiger partial charge in [0.05, 0.1) is 6.54 Å². The molecule has 1 heterocycles. The number of carbonyl (C=O) groups excluding carboxylic acids is 2. The average molecular weight is 334 g/mol. The Hall–Kier alpha value is -3.41. The van der Waals surface area contributed by atoms with E-state index in [-0.39, 0.29) is 5.91 Å². The van der Waals surface area contributed by atoms with Crippen LogP contribution in [0.25, 0.3) is 0 Å². The maximum atomic E-state index is 12.2. The second-order valence-electron chi connectivity index (χ2n) is 5.65. The van der Waals surface area contributed by atoms with Crippen molar-refractivity contribution in [2.24, 2.45) is 5.73 Å². The van der Waals surface area contributed by atoms with Gasteiger partial charge in [0.1, 0.15) is 0 Å². The Morgan fingerprint density at radius 1 is 1.00 bits per heavy atom. The number of aromatic nitrogens is 2. The first-order valence-corrected chi connectivity index (χ1v) is 7.85. The van der Waals surface area contributed by atoms with Crippen LogP contribution >= 0.6 is 0 Å². The van der Waals surface area contributed by atoms with Crippen LogP contribution in [0.2, 0.25) is 0 Å². The van der Waals surface area contributed by atoms with Crippen molar-refractivity contribution in [3.8, 4) is 0 Å². The van der Waals surface area contributed by atoms with Gasteiger partial charge in [0.25, 0.3) is 5.91 Å². The van der Waals surface area contributed by atoms with E-state index in [0.29, 0.717) is 24.2 Å². The topological polar surface area (TPSA) is 90.0 Å². The fourth-order valence-corrected chi connectivity index (χ4v) is 2.46. The highest BCUT2D eigenvalue weighted by Gasteiger charge is 2.07. The summed E-state index contributed by atoms with van der Waals surface area (Å²) in [5.41, 5.74) is 8.15. The molecule has 0 radical (unpaired) electrons. The molecule has 0 unspecified atom stereocenters. The Labute approximate surface area is 145 Å². The van der Waals surface area contributed by atoms with Crippen LogP contribution in [0.15, 0.2) is 67.0 Å². The van der Waals surface area contributed by atoms with Crippen LogP contribution in [-0.2, 0) is 13.1 Å². The first-order chi connectivity index (χ1) is 12.1. The fourth-order valence-electron chi connectivity index (χ4n) is 2.46. The number of nitrogens with zero attached hydrogens (tertiary/aromatic N) is 2. The van der Waals surface area contributed by atoms with Crippen molar-refractivity contribution in [3.05, 3.63) is 89.2 Å². The molecule has 0 saturated heterocycles. The van der Waals surface area contributed by atoms with E-state index in [9.17, 15) is 9.59 Å². The van der Waals surface area contributed by atoms with Crippen LogP contribution in [0.1, 0.15) is 31.8 Å². The first-order valence-electron chi connectivity index (χ1n) is 7.85. The molecular weight excluding hydrogens is 316 g/mol. The van der Waals surface area contributed by atoms with Crippen molar-refractivity contribution < 1.29 is 9.59 Å². The van der Waals surface area contributed by atoms with Crippen LogP contribution in [0.4, 0.5) is 0 Å². The summed E-state index contributed by atoms with van der Waals surface area (Å²) >= 11 is 0. The number of nitrogens with two attached hydrogens (primary N) is 1. The van der Waals surface area contributed by atoms with Gasteiger partial charge < -0.3 is 11.1 Å². The lowest BCUT2D eigenvalue weighted by Gasteiger charge is -2.07. The van der Waals surface area contributed by atoms with E-state index < -0.39 is 5.91 Å². The Balaban J connectivity index is 1.59. The molecule has 126 valence electrons. The Kier molecular flexibility index (Phi) is 4.89. The Morgan fingerprint density at radius 2 is 1.80 bits per heavy atom. The normalized spacial score (nSPS) is 10.4. The second-order valence-corrected chi connectivity index (χ2v) is 5.65. The zero-order chi connectivity index (χ0) is 17.6. The number of benzene rings is 2. The first kappa shape index (κ1) is 16.4. The van der Waals surface area contributed by atoms with E-state index >= 15 is 0 Å². The van der Waals surface area contributed by atoms with Crippen molar-refractivity contribution in [1.82, 2.24) is 15.1 Å². The molecule has 0 aliphatic rings. The van der Waals surface area contributed by atoms with Gasteiger partial charge in [-0.2, -0.15) is 5.10 Å². The molecule has 6 heteroatoms. The van der Waals surface area contributed by atoms with Gasteiger partial charge in [-0.1, -0.05) is 24.3 Å². The lowest BCUT2D eigenvalue weighted by atomic mass is 10.1. The molecule has 2 amide bonds. The lowest BCUT2D eigenvalue weighted by Crippen LogP contribution is -2.23. The van der Waals surface area contributed by atoms with E-state index in [4.69, 9.17) is 5.73 Å². The smallest absolute Gasteiger partial charge is 0.251 e. The number of hydrogen-bond acceptors (Lipinski definition) is 3. The molecule has 2 aromatic carbocycles. The highest BCUT2D eigenvalue weighted by molar-refractivity contribution is 5.94. The molecule has 0 spiro atoms. The highest BCUT2D eigenvalue weighted by atomic mass is 16.2. The maximum absolute atomic E-state index is 12.2. The zero-order valence-corrected chi connectivity index (χ0v) is 13.6. The second kappa shape index (κ2) is 7.44. The van der Waals surface area contributed by atoms with Gasteiger partial charge in [-0.15, -0.1) is 0 Å². The summed E-state index contributed by atoms with van der Waals surface area (Å²) in [4.78, 5) is 23.4. The monoisotopic (exact) mass is 334 g/mol. The molecule has 3 N–H and O–H groups in total. The molecule has 0 fully saturated rings. The van der Waals surface area contributed by atoms with Gasteiger partial charge >= 0.3 is 0 Å². The molecule has 25 heavy (non-hydrogen) atoms. The molecular formula is C19H18N4O2. The number of hydrogen-bond donors (Lipinski definition) is 2. The van der Waals surface area contributed by atoms with Crippen LogP contribution < -0.4 is 11.1 Å². The van der Waals surface area contributed by atoms with Gasteiger partial charge in [-0.25, -0.2) is 0 Å². The van der Waals surface area contributed by atoms with Crippen LogP contribution in [0.5, 0.6) is 0 Å². The summed E-state index contributed by atoms with van der Waals surface area (Å²) < 4.78 is 1.82. The quantitative estimate of drug-likeness (QED) is 0.722. The Morgan fingerprint density at radius 3 is 2.48 bits per heavy atom. The maximum Gasteiger partial charge on any atom is 0.251 e. The zero-order valence-electron chi connectivity index (χ0n) is 13.6. The summed E-state index contributed by atoms with van der Waals surface area (Å²) in [6, 6.07) is 16.2. The molecule has 3 rings (SSSR count). The minimum Gasteiger partial charge on any atom is -0.366 e. The van der Waals surface area contributed by atoms with Crippen LogP contribution in [-0.4, -0.2) is 21.6 Å².